The fraction of sp³-hybridized carbons (Fsp3) is 0.160. The van der Waals surface area contributed by atoms with Crippen LogP contribution in [0.4, 0.5) is 11.4 Å². The normalized spacial score (nSPS) is 12.4. The molecule has 0 radical (unpaired) electrons. The molecule has 0 unspecified atom stereocenters. The van der Waals surface area contributed by atoms with E-state index in [1.54, 1.807) is 30.3 Å². The number of nitrogens with one attached hydrogen (secondary N) is 1. The number of carbonyl (C=O) groups is 3. The lowest BCUT2D eigenvalue weighted by molar-refractivity contribution is -0.114. The molecule has 0 aliphatic carbocycles. The summed E-state index contributed by atoms with van der Waals surface area (Å²) >= 11 is 1.43. The number of benzene rings is 3. The molecule has 1 N–H and O–H groups in total. The molecule has 0 aromatic heterocycles. The Balaban J connectivity index is 1.70. The van der Waals surface area contributed by atoms with Gasteiger partial charge in [-0.3, -0.25) is 14.5 Å². The van der Waals surface area contributed by atoms with Gasteiger partial charge in [0.15, 0.2) is 0 Å². The Morgan fingerprint density at radius 1 is 1.00 bits per heavy atom. The summed E-state index contributed by atoms with van der Waals surface area (Å²) in [5.41, 5.74) is 3.10. The van der Waals surface area contributed by atoms with Gasteiger partial charge < -0.3 is 10.1 Å². The standard InChI is InChI=1S/C25H22N2O4S/c1-3-16-7-6-8-18(13-16)26-23(28)15-27-20-14-17(25(30)31-2)11-12-22(20)32-21-10-5-4-9-19(21)24(27)29/h4-14H,3,15H2,1-2H3,(H,26,28). The largest absolute Gasteiger partial charge is 0.465 e. The van der Waals surface area contributed by atoms with Crippen molar-refractivity contribution in [1.29, 1.82) is 0 Å². The van der Waals surface area contributed by atoms with Gasteiger partial charge in [0.1, 0.15) is 6.54 Å². The molecule has 7 heteroatoms. The molecule has 0 saturated carbocycles. The maximum Gasteiger partial charge on any atom is 0.337 e. The summed E-state index contributed by atoms with van der Waals surface area (Å²) in [4.78, 5) is 41.5. The first-order valence-corrected chi connectivity index (χ1v) is 11.0. The van der Waals surface area contributed by atoms with Crippen LogP contribution >= 0.6 is 11.8 Å². The van der Waals surface area contributed by atoms with Gasteiger partial charge in [0.2, 0.25) is 5.91 Å². The van der Waals surface area contributed by atoms with Crippen LogP contribution in [-0.4, -0.2) is 31.4 Å². The molecule has 0 atom stereocenters. The topological polar surface area (TPSA) is 75.7 Å². The third kappa shape index (κ3) is 4.38. The Hall–Kier alpha value is -3.58. The minimum atomic E-state index is -0.507. The number of hydrogen-bond donors (Lipinski definition) is 1. The molecular weight excluding hydrogens is 424 g/mol. The quantitative estimate of drug-likeness (QED) is 0.571. The molecule has 3 aromatic carbocycles. The summed E-state index contributed by atoms with van der Waals surface area (Å²) in [7, 11) is 1.30. The Morgan fingerprint density at radius 3 is 2.59 bits per heavy atom. The van der Waals surface area contributed by atoms with Crippen molar-refractivity contribution in [1.82, 2.24) is 0 Å². The van der Waals surface area contributed by atoms with Crippen LogP contribution in [0.2, 0.25) is 0 Å². The van der Waals surface area contributed by atoms with E-state index in [0.29, 0.717) is 22.5 Å². The molecule has 0 fully saturated rings. The number of amides is 2. The smallest absolute Gasteiger partial charge is 0.337 e. The van der Waals surface area contributed by atoms with Crippen LogP contribution in [0.5, 0.6) is 0 Å². The zero-order valence-corrected chi connectivity index (χ0v) is 18.6. The summed E-state index contributed by atoms with van der Waals surface area (Å²) in [6.07, 6.45) is 0.853. The summed E-state index contributed by atoms with van der Waals surface area (Å²) in [6.45, 7) is 1.85. The number of anilines is 2. The molecule has 1 aliphatic rings. The number of carbonyl (C=O) groups excluding carboxylic acids is 3. The minimum Gasteiger partial charge on any atom is -0.465 e. The van der Waals surface area contributed by atoms with Gasteiger partial charge in [-0.1, -0.05) is 43.0 Å². The van der Waals surface area contributed by atoms with E-state index in [9.17, 15) is 14.4 Å². The van der Waals surface area contributed by atoms with Crippen LogP contribution in [0.25, 0.3) is 0 Å². The lowest BCUT2D eigenvalue weighted by Crippen LogP contribution is -2.38. The lowest BCUT2D eigenvalue weighted by Gasteiger charge is -2.23. The van der Waals surface area contributed by atoms with Crippen LogP contribution in [0.1, 0.15) is 33.2 Å². The molecule has 2 amide bonds. The second-order valence-electron chi connectivity index (χ2n) is 7.27. The maximum absolute atomic E-state index is 13.5. The number of nitrogens with zero attached hydrogens (tertiary/aromatic N) is 1. The van der Waals surface area contributed by atoms with Crippen molar-refractivity contribution in [3.63, 3.8) is 0 Å². The number of fused-ring (bicyclic) bond motifs is 2. The lowest BCUT2D eigenvalue weighted by atomic mass is 10.1. The van der Waals surface area contributed by atoms with E-state index in [2.05, 4.69) is 5.32 Å². The van der Waals surface area contributed by atoms with Gasteiger partial charge >= 0.3 is 5.97 Å². The Labute approximate surface area is 190 Å². The van der Waals surface area contributed by atoms with E-state index >= 15 is 0 Å². The van der Waals surface area contributed by atoms with Crippen LogP contribution < -0.4 is 10.2 Å². The highest BCUT2D eigenvalue weighted by atomic mass is 32.2. The predicted molar refractivity (Wildman–Crippen MR) is 124 cm³/mol. The predicted octanol–water partition coefficient (Wildman–Crippen LogP) is 4.79. The Morgan fingerprint density at radius 2 is 1.81 bits per heavy atom. The highest BCUT2D eigenvalue weighted by Crippen LogP contribution is 2.41. The van der Waals surface area contributed by atoms with Crippen molar-refractivity contribution < 1.29 is 19.1 Å². The minimum absolute atomic E-state index is 0.193. The molecule has 4 rings (SSSR count). The van der Waals surface area contributed by atoms with Gasteiger partial charge in [-0.05, 0) is 54.4 Å². The molecular formula is C25H22N2O4S. The van der Waals surface area contributed by atoms with Crippen LogP contribution in [0, 0.1) is 0 Å². The van der Waals surface area contributed by atoms with Crippen molar-refractivity contribution in [2.75, 3.05) is 23.9 Å². The average molecular weight is 447 g/mol. The Bertz CT molecular complexity index is 1210. The number of esters is 1. The van der Waals surface area contributed by atoms with Gasteiger partial charge in [-0.25, -0.2) is 4.79 Å². The van der Waals surface area contributed by atoms with E-state index in [0.717, 1.165) is 21.8 Å². The second kappa shape index (κ2) is 9.28. The molecule has 3 aromatic rings. The molecule has 1 aliphatic heterocycles. The number of ether oxygens (including phenoxy) is 1. The average Bonchev–Trinajstić information content (AvgIpc) is 2.93. The molecule has 162 valence electrons. The van der Waals surface area contributed by atoms with Crippen molar-refractivity contribution in [3.8, 4) is 0 Å². The van der Waals surface area contributed by atoms with E-state index in [-0.39, 0.29) is 18.4 Å². The molecule has 32 heavy (non-hydrogen) atoms. The molecule has 6 nitrogen and oxygen atoms in total. The fourth-order valence-corrected chi connectivity index (χ4v) is 4.59. The number of rotatable bonds is 5. The van der Waals surface area contributed by atoms with E-state index in [1.165, 1.54) is 23.8 Å². The van der Waals surface area contributed by atoms with Gasteiger partial charge in [-0.15, -0.1) is 0 Å². The van der Waals surface area contributed by atoms with Crippen molar-refractivity contribution in [3.05, 3.63) is 83.4 Å². The van der Waals surface area contributed by atoms with Crippen LogP contribution in [-0.2, 0) is 16.0 Å². The van der Waals surface area contributed by atoms with Gasteiger partial charge in [0.25, 0.3) is 5.91 Å². The first-order chi connectivity index (χ1) is 15.5. The summed E-state index contributed by atoms with van der Waals surface area (Å²) in [5, 5.41) is 2.88. The van der Waals surface area contributed by atoms with E-state index in [4.69, 9.17) is 4.74 Å². The van der Waals surface area contributed by atoms with Crippen LogP contribution in [0.15, 0.2) is 76.5 Å². The SMILES string of the molecule is CCc1cccc(NC(=O)CN2C(=O)c3ccccc3Sc3ccc(C(=O)OC)cc32)c1. The summed E-state index contributed by atoms with van der Waals surface area (Å²) in [6, 6.07) is 19.9. The molecule has 0 saturated heterocycles. The van der Waals surface area contributed by atoms with Gasteiger partial charge in [0.05, 0.1) is 23.9 Å². The number of hydrogen-bond acceptors (Lipinski definition) is 5. The van der Waals surface area contributed by atoms with Crippen molar-refractivity contribution in [2.45, 2.75) is 23.1 Å². The third-order valence-electron chi connectivity index (χ3n) is 5.17. The fourth-order valence-electron chi connectivity index (χ4n) is 3.54. The number of methoxy groups -OCH3 is 1. The Kier molecular flexibility index (Phi) is 6.28. The van der Waals surface area contributed by atoms with Crippen molar-refractivity contribution in [2.24, 2.45) is 0 Å². The zero-order valence-electron chi connectivity index (χ0n) is 17.8. The van der Waals surface area contributed by atoms with Crippen LogP contribution in [0.3, 0.4) is 0 Å². The monoisotopic (exact) mass is 446 g/mol. The zero-order chi connectivity index (χ0) is 22.7. The first-order valence-electron chi connectivity index (χ1n) is 10.2. The maximum atomic E-state index is 13.5. The second-order valence-corrected chi connectivity index (χ2v) is 8.35. The molecule has 0 spiro atoms. The highest BCUT2D eigenvalue weighted by Gasteiger charge is 2.29. The van der Waals surface area contributed by atoms with Gasteiger partial charge in [-0.2, -0.15) is 0 Å². The van der Waals surface area contributed by atoms with E-state index in [1.807, 2.05) is 43.3 Å². The van der Waals surface area contributed by atoms with Gasteiger partial charge in [0, 0.05) is 15.5 Å². The summed E-state index contributed by atoms with van der Waals surface area (Å²) in [5.74, 6) is -1.13. The third-order valence-corrected chi connectivity index (χ3v) is 6.32. The van der Waals surface area contributed by atoms with E-state index < -0.39 is 5.97 Å². The first kappa shape index (κ1) is 21.6. The highest BCUT2D eigenvalue weighted by molar-refractivity contribution is 7.99. The summed E-state index contributed by atoms with van der Waals surface area (Å²) < 4.78 is 4.84. The van der Waals surface area contributed by atoms with Crippen molar-refractivity contribution >= 4 is 40.9 Å². The molecule has 0 bridgehead atoms. The molecule has 1 heterocycles. The number of aryl methyl sites for hydroxylation is 1.